The lowest BCUT2D eigenvalue weighted by Crippen LogP contribution is -2.49. The predicted molar refractivity (Wildman–Crippen MR) is 144 cm³/mol. The lowest BCUT2D eigenvalue weighted by molar-refractivity contribution is 0.0661. The molecule has 1 aromatic carbocycles. The molecule has 0 unspecified atom stereocenters. The van der Waals surface area contributed by atoms with Crippen molar-refractivity contribution in [1.82, 2.24) is 19.4 Å². The van der Waals surface area contributed by atoms with Gasteiger partial charge in [-0.05, 0) is 76.0 Å². The lowest BCUT2D eigenvalue weighted by Gasteiger charge is -2.41. The Kier molecular flexibility index (Phi) is 7.55. The van der Waals surface area contributed by atoms with E-state index in [0.29, 0.717) is 18.6 Å². The van der Waals surface area contributed by atoms with Gasteiger partial charge in [-0.25, -0.2) is 4.79 Å². The van der Waals surface area contributed by atoms with Crippen LogP contribution in [0, 0.1) is 0 Å². The van der Waals surface area contributed by atoms with Crippen molar-refractivity contribution in [1.29, 1.82) is 0 Å². The number of aromatic nitrogens is 2. The van der Waals surface area contributed by atoms with Crippen LogP contribution in [0.1, 0.15) is 44.2 Å². The average Bonchev–Trinajstić information content (AvgIpc) is 3.28. The van der Waals surface area contributed by atoms with Crippen molar-refractivity contribution in [2.24, 2.45) is 7.05 Å². The van der Waals surface area contributed by atoms with Crippen molar-refractivity contribution in [3.05, 3.63) is 42.2 Å². The number of amides is 1. The summed E-state index contributed by atoms with van der Waals surface area (Å²) in [5, 5.41) is 1.14. The first-order chi connectivity index (χ1) is 18.0. The van der Waals surface area contributed by atoms with Gasteiger partial charge in [0.25, 0.3) is 0 Å². The summed E-state index contributed by atoms with van der Waals surface area (Å²) in [5.41, 5.74) is 4.59. The van der Waals surface area contributed by atoms with Crippen LogP contribution in [0.25, 0.3) is 22.2 Å². The summed E-state index contributed by atoms with van der Waals surface area (Å²) >= 11 is 0. The fourth-order valence-electron chi connectivity index (χ4n) is 5.93. The van der Waals surface area contributed by atoms with Gasteiger partial charge in [0.1, 0.15) is 0 Å². The second-order valence-electron chi connectivity index (χ2n) is 10.1. The second kappa shape index (κ2) is 11.0. The number of carbonyl (C=O) groups is 1. The Balaban J connectivity index is 1.25. The molecule has 0 saturated carbocycles. The average molecular weight is 507 g/mol. The van der Waals surface area contributed by atoms with Crippen LogP contribution in [-0.4, -0.2) is 78.5 Å². The number of likely N-dealkylation sites (tertiary alicyclic amines) is 2. The Hall–Kier alpha value is -3.26. The molecule has 8 nitrogen and oxygen atoms in total. The van der Waals surface area contributed by atoms with Gasteiger partial charge in [-0.15, -0.1) is 0 Å². The monoisotopic (exact) mass is 506 g/mol. The van der Waals surface area contributed by atoms with Crippen molar-refractivity contribution < 1.29 is 19.0 Å². The maximum Gasteiger partial charge on any atom is 0.409 e. The number of methoxy groups -OCH3 is 2. The lowest BCUT2D eigenvalue weighted by atomic mass is 9.90. The van der Waals surface area contributed by atoms with E-state index in [9.17, 15) is 4.79 Å². The van der Waals surface area contributed by atoms with Crippen LogP contribution in [0.2, 0.25) is 0 Å². The number of nitrogens with zero attached hydrogens (tertiary/aromatic N) is 4. The maximum atomic E-state index is 12.0. The summed E-state index contributed by atoms with van der Waals surface area (Å²) in [6, 6.07) is 11.1. The largest absolute Gasteiger partial charge is 0.493 e. The Bertz CT molecular complexity index is 1240. The fraction of sp³-hybridized carbons (Fsp3) is 0.517. The quantitative estimate of drug-likeness (QED) is 0.466. The van der Waals surface area contributed by atoms with Crippen LogP contribution in [-0.2, 0) is 11.8 Å². The summed E-state index contributed by atoms with van der Waals surface area (Å²) in [6.07, 6.45) is 6.13. The zero-order valence-electron chi connectivity index (χ0n) is 22.4. The number of benzene rings is 1. The molecule has 2 saturated heterocycles. The van der Waals surface area contributed by atoms with E-state index in [1.54, 1.807) is 14.2 Å². The standard InChI is InChI=1S/C29H38N4O4/c1-5-37-29(34)33-14-10-23(11-15-33)32-12-8-20(9-13-32)24-18-26-22(19-30-24)16-25(31(26)2)21-6-7-27(35-3)28(17-21)36-4/h6-7,16-20,23H,5,8-15H2,1-4H3. The van der Waals surface area contributed by atoms with Crippen LogP contribution in [0.4, 0.5) is 4.79 Å². The molecule has 0 atom stereocenters. The molecular weight excluding hydrogens is 468 g/mol. The normalized spacial score (nSPS) is 17.8. The van der Waals surface area contributed by atoms with Crippen molar-refractivity contribution in [2.75, 3.05) is 47.0 Å². The van der Waals surface area contributed by atoms with E-state index in [1.807, 2.05) is 30.2 Å². The molecule has 2 aromatic heterocycles. The molecular formula is C29H38N4O4. The molecule has 0 spiro atoms. The molecule has 0 radical (unpaired) electrons. The Morgan fingerprint density at radius 3 is 2.38 bits per heavy atom. The zero-order chi connectivity index (χ0) is 25.9. The van der Waals surface area contributed by atoms with E-state index in [4.69, 9.17) is 19.2 Å². The number of rotatable bonds is 6. The summed E-state index contributed by atoms with van der Waals surface area (Å²) in [7, 11) is 5.43. The Morgan fingerprint density at radius 1 is 0.973 bits per heavy atom. The third-order valence-corrected chi connectivity index (χ3v) is 8.08. The van der Waals surface area contributed by atoms with Gasteiger partial charge in [0.2, 0.25) is 0 Å². The number of pyridine rings is 1. The minimum Gasteiger partial charge on any atom is -0.493 e. The van der Waals surface area contributed by atoms with Gasteiger partial charge in [0, 0.05) is 60.6 Å². The van der Waals surface area contributed by atoms with Crippen molar-refractivity contribution >= 4 is 17.0 Å². The van der Waals surface area contributed by atoms with E-state index < -0.39 is 0 Å². The zero-order valence-corrected chi connectivity index (χ0v) is 22.4. The van der Waals surface area contributed by atoms with Gasteiger partial charge in [0.15, 0.2) is 11.5 Å². The molecule has 0 bridgehead atoms. The van der Waals surface area contributed by atoms with E-state index in [0.717, 1.165) is 80.0 Å². The smallest absolute Gasteiger partial charge is 0.409 e. The highest BCUT2D eigenvalue weighted by atomic mass is 16.6. The van der Waals surface area contributed by atoms with Crippen LogP contribution in [0.15, 0.2) is 36.5 Å². The molecule has 8 heteroatoms. The molecule has 37 heavy (non-hydrogen) atoms. The third-order valence-electron chi connectivity index (χ3n) is 8.08. The SMILES string of the molecule is CCOC(=O)N1CCC(N2CCC(c3cc4c(cn3)cc(-c3ccc(OC)c(OC)c3)n4C)CC2)CC1. The Labute approximate surface area is 219 Å². The van der Waals surface area contributed by atoms with E-state index in [1.165, 1.54) is 11.2 Å². The van der Waals surface area contributed by atoms with Crippen LogP contribution in [0.3, 0.4) is 0 Å². The molecule has 198 valence electrons. The summed E-state index contributed by atoms with van der Waals surface area (Å²) in [5.74, 6) is 1.92. The fourth-order valence-corrected chi connectivity index (χ4v) is 5.93. The first-order valence-corrected chi connectivity index (χ1v) is 13.4. The summed E-state index contributed by atoms with van der Waals surface area (Å²) < 4.78 is 18.3. The topological polar surface area (TPSA) is 69.1 Å². The van der Waals surface area contributed by atoms with Crippen molar-refractivity contribution in [2.45, 2.75) is 44.6 Å². The molecule has 4 heterocycles. The van der Waals surface area contributed by atoms with E-state index in [-0.39, 0.29) is 6.09 Å². The number of hydrogen-bond donors (Lipinski definition) is 0. The molecule has 3 aromatic rings. The van der Waals surface area contributed by atoms with Crippen molar-refractivity contribution in [3.8, 4) is 22.8 Å². The van der Waals surface area contributed by atoms with Gasteiger partial charge < -0.3 is 28.6 Å². The molecule has 5 rings (SSSR count). The minimum atomic E-state index is -0.170. The van der Waals surface area contributed by atoms with E-state index in [2.05, 4.69) is 34.7 Å². The van der Waals surface area contributed by atoms with Crippen LogP contribution < -0.4 is 9.47 Å². The maximum absolute atomic E-state index is 12.0. The first kappa shape index (κ1) is 25.4. The van der Waals surface area contributed by atoms with Crippen LogP contribution >= 0.6 is 0 Å². The summed E-state index contributed by atoms with van der Waals surface area (Å²) in [4.78, 5) is 21.4. The highest BCUT2D eigenvalue weighted by molar-refractivity contribution is 5.87. The van der Waals surface area contributed by atoms with Gasteiger partial charge in [-0.3, -0.25) is 4.98 Å². The van der Waals surface area contributed by atoms with Gasteiger partial charge in [-0.1, -0.05) is 0 Å². The van der Waals surface area contributed by atoms with Crippen molar-refractivity contribution in [3.63, 3.8) is 0 Å². The summed E-state index contributed by atoms with van der Waals surface area (Å²) in [6.45, 7) is 6.04. The Morgan fingerprint density at radius 2 is 1.70 bits per heavy atom. The minimum absolute atomic E-state index is 0.170. The molecule has 2 fully saturated rings. The number of hydrogen-bond acceptors (Lipinski definition) is 6. The second-order valence-corrected chi connectivity index (χ2v) is 10.1. The molecule has 2 aliphatic heterocycles. The first-order valence-electron chi connectivity index (χ1n) is 13.4. The third kappa shape index (κ3) is 5.12. The predicted octanol–water partition coefficient (Wildman–Crippen LogP) is 5.06. The van der Waals surface area contributed by atoms with Gasteiger partial charge in [-0.2, -0.15) is 0 Å². The number of fused-ring (bicyclic) bond motifs is 1. The highest BCUT2D eigenvalue weighted by Gasteiger charge is 2.31. The number of carbonyl (C=O) groups excluding carboxylic acids is 1. The number of aryl methyl sites for hydroxylation is 1. The molecule has 2 aliphatic rings. The molecule has 0 N–H and O–H groups in total. The highest BCUT2D eigenvalue weighted by Crippen LogP contribution is 2.36. The molecule has 1 amide bonds. The van der Waals surface area contributed by atoms with Crippen LogP contribution in [0.5, 0.6) is 11.5 Å². The number of ether oxygens (including phenoxy) is 3. The number of piperidine rings is 2. The van der Waals surface area contributed by atoms with Gasteiger partial charge in [0.05, 0.1) is 26.3 Å². The molecule has 0 aliphatic carbocycles. The van der Waals surface area contributed by atoms with Gasteiger partial charge >= 0.3 is 6.09 Å². The van der Waals surface area contributed by atoms with E-state index >= 15 is 0 Å².